The quantitative estimate of drug-likeness (QED) is 0.645. The van der Waals surface area contributed by atoms with Gasteiger partial charge >= 0.3 is 0 Å². The van der Waals surface area contributed by atoms with E-state index in [9.17, 15) is 4.79 Å². The molecule has 0 atom stereocenters. The first-order chi connectivity index (χ1) is 8.66. The van der Waals surface area contributed by atoms with E-state index in [4.69, 9.17) is 5.11 Å². The topological polar surface area (TPSA) is 87.5 Å². The summed E-state index contributed by atoms with van der Waals surface area (Å²) >= 11 is 1.03. The molecular formula is C11H10N4O2S. The van der Waals surface area contributed by atoms with Crippen LogP contribution in [0.3, 0.4) is 0 Å². The maximum atomic E-state index is 11.6. The van der Waals surface area contributed by atoms with Crippen LogP contribution in [0.4, 0.5) is 0 Å². The van der Waals surface area contributed by atoms with Crippen LogP contribution in [0.25, 0.3) is 0 Å². The summed E-state index contributed by atoms with van der Waals surface area (Å²) in [6.45, 7) is 1.71. The van der Waals surface area contributed by atoms with Gasteiger partial charge in [0.25, 0.3) is 5.91 Å². The van der Waals surface area contributed by atoms with Crippen LogP contribution in [0.2, 0.25) is 0 Å². The molecule has 6 nitrogen and oxygen atoms in total. The molecule has 18 heavy (non-hydrogen) atoms. The van der Waals surface area contributed by atoms with Gasteiger partial charge in [0.2, 0.25) is 0 Å². The number of hydrazone groups is 1. The van der Waals surface area contributed by atoms with Crippen molar-refractivity contribution in [2.75, 3.05) is 0 Å². The number of phenols is 1. The molecule has 1 amide bonds. The van der Waals surface area contributed by atoms with E-state index in [1.54, 1.807) is 31.2 Å². The fourth-order valence-electron chi connectivity index (χ4n) is 1.22. The van der Waals surface area contributed by atoms with Crippen molar-refractivity contribution in [1.82, 2.24) is 15.0 Å². The number of nitrogens with zero attached hydrogens (tertiary/aromatic N) is 3. The predicted octanol–water partition coefficient (Wildman–Crippen LogP) is 1.32. The van der Waals surface area contributed by atoms with Crippen LogP contribution in [0.1, 0.15) is 20.9 Å². The van der Waals surface area contributed by atoms with Crippen molar-refractivity contribution >= 4 is 23.7 Å². The highest BCUT2D eigenvalue weighted by Crippen LogP contribution is 2.09. The molecule has 0 saturated heterocycles. The minimum Gasteiger partial charge on any atom is -0.508 e. The number of rotatable bonds is 3. The molecule has 0 aliphatic carbocycles. The molecule has 2 rings (SSSR count). The Balaban J connectivity index is 1.98. The van der Waals surface area contributed by atoms with Gasteiger partial charge < -0.3 is 5.11 Å². The molecule has 0 aliphatic heterocycles. The van der Waals surface area contributed by atoms with Crippen LogP contribution in [-0.4, -0.2) is 26.8 Å². The van der Waals surface area contributed by atoms with E-state index in [0.29, 0.717) is 10.6 Å². The summed E-state index contributed by atoms with van der Waals surface area (Å²) in [6, 6.07) is 6.45. The van der Waals surface area contributed by atoms with Gasteiger partial charge in [-0.15, -0.1) is 5.10 Å². The number of phenolic OH excluding ortho intramolecular Hbond substituents is 1. The average Bonchev–Trinajstić information content (AvgIpc) is 2.78. The minimum absolute atomic E-state index is 0.183. The van der Waals surface area contributed by atoms with Crippen LogP contribution in [0, 0.1) is 6.92 Å². The smallest absolute Gasteiger partial charge is 0.285 e. The molecule has 0 bridgehead atoms. The third-order valence-electron chi connectivity index (χ3n) is 2.13. The monoisotopic (exact) mass is 262 g/mol. The summed E-state index contributed by atoms with van der Waals surface area (Å²) in [5.74, 6) is -0.153. The minimum atomic E-state index is -0.336. The summed E-state index contributed by atoms with van der Waals surface area (Å²) in [5, 5.41) is 16.7. The van der Waals surface area contributed by atoms with Gasteiger partial charge in [-0.3, -0.25) is 4.79 Å². The molecule has 0 aliphatic rings. The molecule has 0 unspecified atom stereocenters. The van der Waals surface area contributed by atoms with Gasteiger partial charge in [-0.05, 0) is 48.3 Å². The zero-order chi connectivity index (χ0) is 13.0. The molecule has 7 heteroatoms. The zero-order valence-electron chi connectivity index (χ0n) is 9.49. The first-order valence-corrected chi connectivity index (χ1v) is 5.85. The van der Waals surface area contributed by atoms with Crippen LogP contribution >= 0.6 is 11.5 Å². The molecule has 92 valence electrons. The second kappa shape index (κ2) is 5.37. The molecule has 2 N–H and O–H groups in total. The molecule has 0 radical (unpaired) electrons. The van der Waals surface area contributed by atoms with Gasteiger partial charge in [-0.1, -0.05) is 4.49 Å². The van der Waals surface area contributed by atoms with Gasteiger partial charge in [0.15, 0.2) is 0 Å². The number of carbonyl (C=O) groups is 1. The standard InChI is InChI=1S/C11H10N4O2S/c1-7-10(18-15-13-7)11(17)14-12-6-8-2-4-9(16)5-3-8/h2-6,16H,1H3,(H,14,17)/b12-6+. The third kappa shape index (κ3) is 2.89. The molecule has 1 heterocycles. The summed E-state index contributed by atoms with van der Waals surface area (Å²) in [5.41, 5.74) is 3.74. The Kier molecular flexibility index (Phi) is 3.63. The number of hydrogen-bond acceptors (Lipinski definition) is 6. The van der Waals surface area contributed by atoms with Crippen molar-refractivity contribution in [3.05, 3.63) is 40.4 Å². The molecule has 2 aromatic rings. The number of hydrogen-bond donors (Lipinski definition) is 2. The summed E-state index contributed by atoms with van der Waals surface area (Å²) in [7, 11) is 0. The van der Waals surface area contributed by atoms with Gasteiger partial charge in [-0.2, -0.15) is 5.10 Å². The SMILES string of the molecule is Cc1nnsc1C(=O)N/N=C/c1ccc(O)cc1. The van der Waals surface area contributed by atoms with Crippen molar-refractivity contribution in [3.8, 4) is 5.75 Å². The van der Waals surface area contributed by atoms with Crippen LogP contribution in [-0.2, 0) is 0 Å². The molecular weight excluding hydrogens is 252 g/mol. The molecule has 0 fully saturated rings. The molecule has 1 aromatic heterocycles. The number of carbonyl (C=O) groups excluding carboxylic acids is 1. The van der Waals surface area contributed by atoms with E-state index in [2.05, 4.69) is 20.1 Å². The normalized spacial score (nSPS) is 10.7. The van der Waals surface area contributed by atoms with E-state index >= 15 is 0 Å². The number of aromatic hydroxyl groups is 1. The highest BCUT2D eigenvalue weighted by Gasteiger charge is 2.11. The fraction of sp³-hybridized carbons (Fsp3) is 0.0909. The Morgan fingerprint density at radius 1 is 1.44 bits per heavy atom. The first-order valence-electron chi connectivity index (χ1n) is 5.08. The predicted molar refractivity (Wildman–Crippen MR) is 67.8 cm³/mol. The Labute approximate surface area is 107 Å². The van der Waals surface area contributed by atoms with E-state index in [-0.39, 0.29) is 11.7 Å². The number of nitrogens with one attached hydrogen (secondary N) is 1. The Bertz CT molecular complexity index is 577. The first kappa shape index (κ1) is 12.2. The molecule has 1 aromatic carbocycles. The zero-order valence-corrected chi connectivity index (χ0v) is 10.3. The van der Waals surface area contributed by atoms with Crippen molar-refractivity contribution < 1.29 is 9.90 Å². The number of amides is 1. The Morgan fingerprint density at radius 3 is 2.78 bits per heavy atom. The van der Waals surface area contributed by atoms with E-state index in [1.807, 2.05) is 0 Å². The third-order valence-corrected chi connectivity index (χ3v) is 2.96. The van der Waals surface area contributed by atoms with E-state index < -0.39 is 0 Å². The largest absolute Gasteiger partial charge is 0.508 e. The number of benzene rings is 1. The summed E-state index contributed by atoms with van der Waals surface area (Å²) in [6.07, 6.45) is 1.49. The van der Waals surface area contributed by atoms with Crippen molar-refractivity contribution in [2.45, 2.75) is 6.92 Å². The van der Waals surface area contributed by atoms with Crippen molar-refractivity contribution in [1.29, 1.82) is 0 Å². The molecule has 0 spiro atoms. The number of aromatic nitrogens is 2. The average molecular weight is 262 g/mol. The van der Waals surface area contributed by atoms with Crippen LogP contribution < -0.4 is 5.43 Å². The van der Waals surface area contributed by atoms with Gasteiger partial charge in [0, 0.05) is 0 Å². The van der Waals surface area contributed by atoms with Crippen LogP contribution in [0.5, 0.6) is 5.75 Å². The molecule has 0 saturated carbocycles. The lowest BCUT2D eigenvalue weighted by atomic mass is 10.2. The lowest BCUT2D eigenvalue weighted by Gasteiger charge is -1.96. The fourth-order valence-corrected chi connectivity index (χ4v) is 1.76. The van der Waals surface area contributed by atoms with Gasteiger partial charge in [0.05, 0.1) is 11.9 Å². The second-order valence-corrected chi connectivity index (χ2v) is 4.23. The Hall–Kier alpha value is -2.28. The van der Waals surface area contributed by atoms with Crippen molar-refractivity contribution in [2.24, 2.45) is 5.10 Å². The lowest BCUT2D eigenvalue weighted by molar-refractivity contribution is 0.0958. The summed E-state index contributed by atoms with van der Waals surface area (Å²) in [4.78, 5) is 12.1. The highest BCUT2D eigenvalue weighted by molar-refractivity contribution is 7.07. The summed E-state index contributed by atoms with van der Waals surface area (Å²) < 4.78 is 3.67. The Morgan fingerprint density at radius 2 is 2.17 bits per heavy atom. The van der Waals surface area contributed by atoms with Gasteiger partial charge in [-0.25, -0.2) is 5.43 Å². The number of aryl methyl sites for hydroxylation is 1. The second-order valence-electron chi connectivity index (χ2n) is 3.48. The van der Waals surface area contributed by atoms with Gasteiger partial charge in [0.1, 0.15) is 10.6 Å². The maximum absolute atomic E-state index is 11.6. The lowest BCUT2D eigenvalue weighted by Crippen LogP contribution is -2.17. The van der Waals surface area contributed by atoms with E-state index in [1.165, 1.54) is 6.21 Å². The van der Waals surface area contributed by atoms with E-state index in [0.717, 1.165) is 17.1 Å². The maximum Gasteiger partial charge on any atom is 0.285 e. The van der Waals surface area contributed by atoms with Crippen LogP contribution in [0.15, 0.2) is 29.4 Å². The van der Waals surface area contributed by atoms with Crippen molar-refractivity contribution in [3.63, 3.8) is 0 Å². The highest BCUT2D eigenvalue weighted by atomic mass is 32.1.